The molecule has 0 bridgehead atoms. The molecule has 1 aliphatic heterocycles. The molecule has 0 radical (unpaired) electrons. The molecule has 1 aromatic carbocycles. The molecule has 1 aromatic rings. The molecule has 22 heavy (non-hydrogen) atoms. The van der Waals surface area contributed by atoms with Crippen LogP contribution in [-0.2, 0) is 10.0 Å². The standard InChI is InChI=1S/C15H24N2O4S/c1-12-11-15(13(2)10-14(12)21-3)22(19,20)17-6-4-16(5-7-17)8-9-18/h10-11,18H,4-9H2,1-3H3. The van der Waals surface area contributed by atoms with Gasteiger partial charge < -0.3 is 9.84 Å². The Bertz CT molecular complexity index is 623. The highest BCUT2D eigenvalue weighted by molar-refractivity contribution is 7.89. The van der Waals surface area contributed by atoms with Crippen molar-refractivity contribution in [3.05, 3.63) is 23.3 Å². The Morgan fingerprint density at radius 1 is 1.14 bits per heavy atom. The van der Waals surface area contributed by atoms with E-state index >= 15 is 0 Å². The molecule has 1 aliphatic rings. The number of hydrogen-bond donors (Lipinski definition) is 1. The molecule has 0 aromatic heterocycles. The van der Waals surface area contributed by atoms with E-state index in [1.807, 2.05) is 6.92 Å². The highest BCUT2D eigenvalue weighted by Gasteiger charge is 2.29. The predicted molar refractivity (Wildman–Crippen MR) is 84.8 cm³/mol. The van der Waals surface area contributed by atoms with Gasteiger partial charge in [0.15, 0.2) is 0 Å². The van der Waals surface area contributed by atoms with Gasteiger partial charge in [-0.3, -0.25) is 4.90 Å². The van der Waals surface area contributed by atoms with E-state index in [-0.39, 0.29) is 6.61 Å². The number of ether oxygens (including phenoxy) is 1. The number of sulfonamides is 1. The van der Waals surface area contributed by atoms with Gasteiger partial charge in [-0.15, -0.1) is 0 Å². The van der Waals surface area contributed by atoms with E-state index in [2.05, 4.69) is 4.90 Å². The molecule has 1 heterocycles. The molecule has 124 valence electrons. The van der Waals surface area contributed by atoms with Gasteiger partial charge in [0.1, 0.15) is 5.75 Å². The summed E-state index contributed by atoms with van der Waals surface area (Å²) in [6.45, 7) is 6.52. The van der Waals surface area contributed by atoms with Crippen molar-refractivity contribution < 1.29 is 18.3 Å². The first-order chi connectivity index (χ1) is 10.4. The molecule has 0 aliphatic carbocycles. The molecule has 0 unspecified atom stereocenters. The summed E-state index contributed by atoms with van der Waals surface area (Å²) in [5.74, 6) is 0.698. The Kier molecular flexibility index (Phi) is 5.44. The summed E-state index contributed by atoms with van der Waals surface area (Å²) in [5, 5.41) is 8.95. The fraction of sp³-hybridized carbons (Fsp3) is 0.600. The molecule has 7 heteroatoms. The van der Waals surface area contributed by atoms with Gasteiger partial charge in [-0.2, -0.15) is 4.31 Å². The number of β-amino-alcohol motifs (C(OH)–C–C–N with tert-alkyl or cyclic N) is 1. The lowest BCUT2D eigenvalue weighted by Crippen LogP contribution is -2.49. The van der Waals surface area contributed by atoms with E-state index in [0.29, 0.717) is 48.9 Å². The van der Waals surface area contributed by atoms with Gasteiger partial charge in [0.25, 0.3) is 0 Å². The summed E-state index contributed by atoms with van der Waals surface area (Å²) >= 11 is 0. The van der Waals surface area contributed by atoms with Crippen molar-refractivity contribution >= 4 is 10.0 Å². The summed E-state index contributed by atoms with van der Waals surface area (Å²) in [4.78, 5) is 2.42. The molecule has 1 saturated heterocycles. The number of rotatable bonds is 5. The normalized spacial score (nSPS) is 17.6. The Morgan fingerprint density at radius 2 is 1.77 bits per heavy atom. The maximum Gasteiger partial charge on any atom is 0.243 e. The minimum Gasteiger partial charge on any atom is -0.496 e. The van der Waals surface area contributed by atoms with E-state index in [4.69, 9.17) is 9.84 Å². The van der Waals surface area contributed by atoms with Crippen LogP contribution in [0, 0.1) is 13.8 Å². The van der Waals surface area contributed by atoms with Gasteiger partial charge in [0.05, 0.1) is 18.6 Å². The summed E-state index contributed by atoms with van der Waals surface area (Å²) in [6.07, 6.45) is 0. The van der Waals surface area contributed by atoms with Crippen LogP contribution in [0.2, 0.25) is 0 Å². The van der Waals surface area contributed by atoms with Gasteiger partial charge in [0.2, 0.25) is 10.0 Å². The monoisotopic (exact) mass is 328 g/mol. The summed E-state index contributed by atoms with van der Waals surface area (Å²) in [6, 6.07) is 3.45. The third-order valence-corrected chi connectivity index (χ3v) is 6.10. The van der Waals surface area contributed by atoms with Crippen molar-refractivity contribution in [2.45, 2.75) is 18.7 Å². The number of benzene rings is 1. The zero-order chi connectivity index (χ0) is 16.3. The summed E-state index contributed by atoms with van der Waals surface area (Å²) in [5.41, 5.74) is 1.51. The molecule has 1 fully saturated rings. The Morgan fingerprint density at radius 3 is 2.32 bits per heavy atom. The van der Waals surface area contributed by atoms with Crippen LogP contribution < -0.4 is 4.74 Å². The van der Waals surface area contributed by atoms with Crippen molar-refractivity contribution in [3.63, 3.8) is 0 Å². The predicted octanol–water partition coefficient (Wildman–Crippen LogP) is 0.611. The summed E-state index contributed by atoms with van der Waals surface area (Å²) < 4.78 is 32.4. The van der Waals surface area contributed by atoms with Crippen molar-refractivity contribution in [3.8, 4) is 5.75 Å². The number of piperazine rings is 1. The van der Waals surface area contributed by atoms with E-state index in [0.717, 1.165) is 5.56 Å². The van der Waals surface area contributed by atoms with Crippen molar-refractivity contribution in [1.29, 1.82) is 0 Å². The van der Waals surface area contributed by atoms with E-state index in [1.165, 1.54) is 4.31 Å². The first-order valence-electron chi connectivity index (χ1n) is 7.38. The first-order valence-corrected chi connectivity index (χ1v) is 8.82. The number of hydrogen-bond acceptors (Lipinski definition) is 5. The fourth-order valence-electron chi connectivity index (χ4n) is 2.74. The number of methoxy groups -OCH3 is 1. The summed E-state index contributed by atoms with van der Waals surface area (Å²) in [7, 11) is -1.91. The maximum atomic E-state index is 12.8. The highest BCUT2D eigenvalue weighted by Crippen LogP contribution is 2.28. The van der Waals surface area contributed by atoms with Crippen LogP contribution in [0.5, 0.6) is 5.75 Å². The van der Waals surface area contributed by atoms with Gasteiger partial charge >= 0.3 is 0 Å². The lowest BCUT2D eigenvalue weighted by atomic mass is 10.1. The Balaban J connectivity index is 2.23. The van der Waals surface area contributed by atoms with Crippen LogP contribution in [0.4, 0.5) is 0 Å². The number of aliphatic hydroxyl groups is 1. The third kappa shape index (κ3) is 3.43. The number of aryl methyl sites for hydroxylation is 2. The van der Waals surface area contributed by atoms with Gasteiger partial charge in [0, 0.05) is 32.7 Å². The van der Waals surface area contributed by atoms with Crippen LogP contribution in [0.25, 0.3) is 0 Å². The minimum atomic E-state index is -3.49. The topological polar surface area (TPSA) is 70.1 Å². The average Bonchev–Trinajstić information content (AvgIpc) is 2.50. The van der Waals surface area contributed by atoms with Gasteiger partial charge in [-0.05, 0) is 37.1 Å². The Labute approximate surface area is 132 Å². The lowest BCUT2D eigenvalue weighted by Gasteiger charge is -2.33. The average molecular weight is 328 g/mol. The zero-order valence-corrected chi connectivity index (χ0v) is 14.2. The molecule has 6 nitrogen and oxygen atoms in total. The van der Waals surface area contributed by atoms with Crippen molar-refractivity contribution in [2.75, 3.05) is 46.4 Å². The quantitative estimate of drug-likeness (QED) is 0.858. The van der Waals surface area contributed by atoms with Crippen LogP contribution in [0.15, 0.2) is 17.0 Å². The first kappa shape index (κ1) is 17.2. The fourth-order valence-corrected chi connectivity index (χ4v) is 4.45. The largest absolute Gasteiger partial charge is 0.496 e. The van der Waals surface area contributed by atoms with E-state index in [9.17, 15) is 8.42 Å². The highest BCUT2D eigenvalue weighted by atomic mass is 32.2. The number of aliphatic hydroxyl groups excluding tert-OH is 1. The second-order valence-corrected chi connectivity index (χ2v) is 7.46. The molecule has 0 amide bonds. The van der Waals surface area contributed by atoms with Gasteiger partial charge in [-0.25, -0.2) is 8.42 Å². The SMILES string of the molecule is COc1cc(C)c(S(=O)(=O)N2CCN(CCO)CC2)cc1C. The molecular weight excluding hydrogens is 304 g/mol. The Hall–Kier alpha value is -1.15. The second kappa shape index (κ2) is 6.95. The van der Waals surface area contributed by atoms with Crippen molar-refractivity contribution in [2.24, 2.45) is 0 Å². The molecular formula is C15H24N2O4S. The minimum absolute atomic E-state index is 0.101. The maximum absolute atomic E-state index is 12.8. The van der Waals surface area contributed by atoms with Crippen LogP contribution >= 0.6 is 0 Å². The van der Waals surface area contributed by atoms with Crippen LogP contribution in [-0.4, -0.2) is 69.2 Å². The smallest absolute Gasteiger partial charge is 0.243 e. The zero-order valence-electron chi connectivity index (χ0n) is 13.4. The van der Waals surface area contributed by atoms with Gasteiger partial charge in [-0.1, -0.05) is 0 Å². The molecule has 0 atom stereocenters. The van der Waals surface area contributed by atoms with E-state index in [1.54, 1.807) is 26.2 Å². The van der Waals surface area contributed by atoms with E-state index < -0.39 is 10.0 Å². The van der Waals surface area contributed by atoms with Crippen molar-refractivity contribution in [1.82, 2.24) is 9.21 Å². The molecule has 0 spiro atoms. The third-order valence-electron chi connectivity index (χ3n) is 4.06. The number of nitrogens with zero attached hydrogens (tertiary/aromatic N) is 2. The molecule has 1 N–H and O–H groups in total. The lowest BCUT2D eigenvalue weighted by molar-refractivity contribution is 0.151. The molecule has 0 saturated carbocycles. The van der Waals surface area contributed by atoms with Crippen LogP contribution in [0.1, 0.15) is 11.1 Å². The second-order valence-electron chi connectivity index (χ2n) is 5.56. The molecule has 2 rings (SSSR count). The van der Waals surface area contributed by atoms with Crippen LogP contribution in [0.3, 0.4) is 0 Å².